The molecule has 0 spiro atoms. The summed E-state index contributed by atoms with van der Waals surface area (Å²) in [5.41, 5.74) is -2.62. The summed E-state index contributed by atoms with van der Waals surface area (Å²) in [4.78, 5) is 42.4. The Morgan fingerprint density at radius 1 is 0.885 bits per heavy atom. The van der Waals surface area contributed by atoms with E-state index in [9.17, 15) is 35.1 Å². The number of rotatable bonds is 5. The highest BCUT2D eigenvalue weighted by Crippen LogP contribution is 2.34. The maximum atomic E-state index is 12.3. The van der Waals surface area contributed by atoms with E-state index in [4.69, 9.17) is 23.2 Å². The van der Waals surface area contributed by atoms with Crippen molar-refractivity contribution in [1.82, 2.24) is 0 Å². The van der Waals surface area contributed by atoms with Crippen LogP contribution in [0.25, 0.3) is 0 Å². The maximum Gasteiger partial charge on any atom is 0.295 e. The van der Waals surface area contributed by atoms with Crippen molar-refractivity contribution in [3.8, 4) is 0 Å². The normalized spacial score (nSPS) is 10.2. The number of carbonyl (C=O) groups excluding carboxylic acids is 1. The van der Waals surface area contributed by atoms with Crippen molar-refractivity contribution < 1.29 is 19.6 Å². The number of nitro groups is 3. The lowest BCUT2D eigenvalue weighted by Gasteiger charge is -2.07. The Kier molecular flexibility index (Phi) is 5.33. The molecule has 0 radical (unpaired) electrons. The van der Waals surface area contributed by atoms with Crippen LogP contribution in [-0.4, -0.2) is 20.7 Å². The van der Waals surface area contributed by atoms with Crippen LogP contribution in [0.15, 0.2) is 30.3 Å². The van der Waals surface area contributed by atoms with E-state index in [0.717, 1.165) is 18.2 Å². The molecule has 0 heterocycles. The quantitative estimate of drug-likeness (QED) is 0.586. The lowest BCUT2D eigenvalue weighted by Crippen LogP contribution is -2.14. The molecule has 0 saturated carbocycles. The molecule has 0 aromatic heterocycles. The molecule has 0 bridgehead atoms. The molecule has 0 aliphatic carbocycles. The SMILES string of the molecule is O=C(Nc1ccc(Cl)c([N+](=O)[O-])c1)c1cc([N+](=O)[O-])cc([N+](=O)[O-])c1Cl. The average molecular weight is 401 g/mol. The molecule has 0 atom stereocenters. The van der Waals surface area contributed by atoms with E-state index < -0.39 is 48.3 Å². The highest BCUT2D eigenvalue weighted by atomic mass is 35.5. The summed E-state index contributed by atoms with van der Waals surface area (Å²) in [6.07, 6.45) is 0. The van der Waals surface area contributed by atoms with Gasteiger partial charge in [-0.3, -0.25) is 35.1 Å². The van der Waals surface area contributed by atoms with Gasteiger partial charge in [0.15, 0.2) is 0 Å². The van der Waals surface area contributed by atoms with Crippen LogP contribution in [0.4, 0.5) is 22.7 Å². The van der Waals surface area contributed by atoms with Crippen molar-refractivity contribution in [2.24, 2.45) is 0 Å². The van der Waals surface area contributed by atoms with Crippen molar-refractivity contribution in [3.05, 3.63) is 76.3 Å². The number of anilines is 1. The van der Waals surface area contributed by atoms with Crippen LogP contribution < -0.4 is 5.32 Å². The molecule has 0 aliphatic heterocycles. The van der Waals surface area contributed by atoms with Gasteiger partial charge < -0.3 is 5.32 Å². The van der Waals surface area contributed by atoms with Gasteiger partial charge >= 0.3 is 0 Å². The fourth-order valence-electron chi connectivity index (χ4n) is 1.93. The van der Waals surface area contributed by atoms with E-state index >= 15 is 0 Å². The molecular weight excluding hydrogens is 395 g/mol. The van der Waals surface area contributed by atoms with Crippen LogP contribution in [0.3, 0.4) is 0 Å². The number of hydrogen-bond donors (Lipinski definition) is 1. The lowest BCUT2D eigenvalue weighted by atomic mass is 10.1. The van der Waals surface area contributed by atoms with Gasteiger partial charge in [-0.2, -0.15) is 0 Å². The fraction of sp³-hybridized carbons (Fsp3) is 0. The summed E-state index contributed by atoms with van der Waals surface area (Å²) in [5.74, 6) is -1.03. The molecular formula is C13H6Cl2N4O7. The molecule has 11 nitrogen and oxygen atoms in total. The average Bonchev–Trinajstić information content (AvgIpc) is 2.55. The molecule has 134 valence electrons. The highest BCUT2D eigenvalue weighted by Gasteiger charge is 2.26. The molecule has 26 heavy (non-hydrogen) atoms. The van der Waals surface area contributed by atoms with Gasteiger partial charge in [0.1, 0.15) is 10.0 Å². The van der Waals surface area contributed by atoms with Gasteiger partial charge in [-0.05, 0) is 12.1 Å². The molecule has 0 aliphatic rings. The Balaban J connectivity index is 2.47. The largest absolute Gasteiger partial charge is 0.322 e. The minimum absolute atomic E-state index is 0.0590. The monoisotopic (exact) mass is 400 g/mol. The predicted octanol–water partition coefficient (Wildman–Crippen LogP) is 3.97. The molecule has 1 N–H and O–H groups in total. The van der Waals surface area contributed by atoms with Crippen molar-refractivity contribution in [1.29, 1.82) is 0 Å². The van der Waals surface area contributed by atoms with E-state index in [1.54, 1.807) is 0 Å². The van der Waals surface area contributed by atoms with E-state index in [0.29, 0.717) is 6.07 Å². The van der Waals surface area contributed by atoms with Gasteiger partial charge in [0.2, 0.25) is 0 Å². The van der Waals surface area contributed by atoms with E-state index in [1.807, 2.05) is 0 Å². The lowest BCUT2D eigenvalue weighted by molar-refractivity contribution is -0.394. The van der Waals surface area contributed by atoms with E-state index in [2.05, 4.69) is 5.32 Å². The molecule has 2 aromatic rings. The summed E-state index contributed by atoms with van der Waals surface area (Å²) in [6.45, 7) is 0. The highest BCUT2D eigenvalue weighted by molar-refractivity contribution is 6.36. The number of non-ortho nitro benzene ring substituents is 1. The third kappa shape index (κ3) is 3.84. The zero-order valence-electron chi connectivity index (χ0n) is 12.3. The van der Waals surface area contributed by atoms with Crippen LogP contribution in [0.2, 0.25) is 10.0 Å². The summed E-state index contributed by atoms with van der Waals surface area (Å²) in [7, 11) is 0. The predicted molar refractivity (Wildman–Crippen MR) is 90.8 cm³/mol. The number of carbonyl (C=O) groups is 1. The zero-order chi connectivity index (χ0) is 19.6. The number of benzene rings is 2. The second-order valence-corrected chi connectivity index (χ2v) is 5.50. The molecule has 0 saturated heterocycles. The van der Waals surface area contributed by atoms with Crippen molar-refractivity contribution in [3.63, 3.8) is 0 Å². The Morgan fingerprint density at radius 2 is 1.50 bits per heavy atom. The number of hydrogen-bond acceptors (Lipinski definition) is 7. The van der Waals surface area contributed by atoms with Gasteiger partial charge in [-0.1, -0.05) is 23.2 Å². The number of nitrogens with one attached hydrogen (secondary N) is 1. The summed E-state index contributed by atoms with van der Waals surface area (Å²) in [5, 5.41) is 34.2. The van der Waals surface area contributed by atoms with Gasteiger partial charge in [-0.15, -0.1) is 0 Å². The smallest absolute Gasteiger partial charge is 0.295 e. The van der Waals surface area contributed by atoms with Gasteiger partial charge in [0.05, 0.1) is 26.4 Å². The van der Waals surface area contributed by atoms with E-state index in [1.165, 1.54) is 6.07 Å². The van der Waals surface area contributed by atoms with Gasteiger partial charge in [-0.25, -0.2) is 0 Å². The third-order valence-electron chi connectivity index (χ3n) is 3.09. The van der Waals surface area contributed by atoms with Crippen LogP contribution in [0, 0.1) is 30.3 Å². The van der Waals surface area contributed by atoms with Crippen LogP contribution in [0.5, 0.6) is 0 Å². The topological polar surface area (TPSA) is 159 Å². The molecule has 1 amide bonds. The first-order chi connectivity index (χ1) is 12.1. The Labute approximate surface area is 153 Å². The number of nitrogens with zero attached hydrogens (tertiary/aromatic N) is 3. The molecule has 2 aromatic carbocycles. The van der Waals surface area contributed by atoms with Crippen molar-refractivity contribution in [2.45, 2.75) is 0 Å². The first-order valence-electron chi connectivity index (χ1n) is 6.49. The molecule has 0 unspecified atom stereocenters. The number of nitro benzene ring substituents is 3. The Hall–Kier alpha value is -3.31. The van der Waals surface area contributed by atoms with E-state index in [-0.39, 0.29) is 10.7 Å². The summed E-state index contributed by atoms with van der Waals surface area (Å²) in [6, 6.07) is 4.74. The molecule has 13 heteroatoms. The first-order valence-corrected chi connectivity index (χ1v) is 7.25. The van der Waals surface area contributed by atoms with Crippen molar-refractivity contribution in [2.75, 3.05) is 5.32 Å². The second-order valence-electron chi connectivity index (χ2n) is 4.72. The molecule has 2 rings (SSSR count). The maximum absolute atomic E-state index is 12.3. The fourth-order valence-corrected chi connectivity index (χ4v) is 2.38. The first kappa shape index (κ1) is 19.0. The summed E-state index contributed by atoms with van der Waals surface area (Å²) >= 11 is 11.4. The van der Waals surface area contributed by atoms with Gasteiger partial charge in [0, 0.05) is 17.8 Å². The van der Waals surface area contributed by atoms with Crippen LogP contribution in [-0.2, 0) is 0 Å². The third-order valence-corrected chi connectivity index (χ3v) is 3.81. The second kappa shape index (κ2) is 7.29. The van der Waals surface area contributed by atoms with Crippen LogP contribution >= 0.6 is 23.2 Å². The minimum atomic E-state index is -1.03. The number of amides is 1. The zero-order valence-corrected chi connectivity index (χ0v) is 13.9. The minimum Gasteiger partial charge on any atom is -0.322 e. The van der Waals surface area contributed by atoms with Gasteiger partial charge in [0.25, 0.3) is 23.0 Å². The number of halogens is 2. The Bertz CT molecular complexity index is 964. The molecule has 0 fully saturated rings. The van der Waals surface area contributed by atoms with Crippen molar-refractivity contribution >= 4 is 51.9 Å². The summed E-state index contributed by atoms with van der Waals surface area (Å²) < 4.78 is 0. The Morgan fingerprint density at radius 3 is 2.04 bits per heavy atom. The standard InChI is InChI=1S/C13H6Cl2N4O7/c14-9-2-1-6(3-10(9)18(23)24)16-13(20)8-4-7(17(21)22)5-11(12(8)15)19(25)26/h1-5H,(H,16,20). The van der Waals surface area contributed by atoms with Crippen LogP contribution in [0.1, 0.15) is 10.4 Å².